The molecule has 1 heterocycles. The standard InChI is InChI=1S/C13H17F4N3O6/c14-6-4-8(25-5-7(6)18-11(23)24)9(21)19-20-10(22)12(2-1-3-12)26-13(15,16)17/h6-8,18H,1-5H2,(H,19,21)(H,20,22)(H,23,24)/t6-,7-,8-/m0/s1. The molecule has 0 bridgehead atoms. The second-order valence-electron chi connectivity index (χ2n) is 5.97. The SMILES string of the molecule is O=C(O)N[C@H]1CO[C@H](C(=O)NNC(=O)C2(OC(F)(F)F)CCC2)C[C@@H]1F. The molecule has 26 heavy (non-hydrogen) atoms. The van der Waals surface area contributed by atoms with Crippen molar-refractivity contribution in [1.29, 1.82) is 0 Å². The number of alkyl halides is 4. The van der Waals surface area contributed by atoms with Crippen LogP contribution in [0.1, 0.15) is 25.7 Å². The molecule has 0 aromatic heterocycles. The Bertz CT molecular complexity index is 569. The Balaban J connectivity index is 1.83. The third-order valence-electron chi connectivity index (χ3n) is 4.14. The first kappa shape index (κ1) is 20.2. The quantitative estimate of drug-likeness (QED) is 0.408. The molecular formula is C13H17F4N3O6. The average Bonchev–Trinajstić information content (AvgIpc) is 2.49. The van der Waals surface area contributed by atoms with Crippen LogP contribution in [0.5, 0.6) is 0 Å². The fourth-order valence-corrected chi connectivity index (χ4v) is 2.64. The van der Waals surface area contributed by atoms with Crippen LogP contribution in [0, 0.1) is 0 Å². The van der Waals surface area contributed by atoms with Crippen molar-refractivity contribution in [3.05, 3.63) is 0 Å². The average molecular weight is 387 g/mol. The number of amides is 3. The molecule has 0 spiro atoms. The maximum absolute atomic E-state index is 13.8. The minimum atomic E-state index is -5.01. The van der Waals surface area contributed by atoms with E-state index in [9.17, 15) is 31.9 Å². The molecule has 1 saturated heterocycles. The van der Waals surface area contributed by atoms with Crippen LogP contribution in [0.3, 0.4) is 0 Å². The van der Waals surface area contributed by atoms with Crippen molar-refractivity contribution in [1.82, 2.24) is 16.2 Å². The van der Waals surface area contributed by atoms with Crippen LogP contribution in [0.2, 0.25) is 0 Å². The smallest absolute Gasteiger partial charge is 0.465 e. The van der Waals surface area contributed by atoms with Crippen molar-refractivity contribution in [3.8, 4) is 0 Å². The van der Waals surface area contributed by atoms with E-state index in [0.717, 1.165) is 0 Å². The number of ether oxygens (including phenoxy) is 2. The van der Waals surface area contributed by atoms with Gasteiger partial charge in [-0.25, -0.2) is 9.18 Å². The number of hydrogen-bond donors (Lipinski definition) is 4. The summed E-state index contributed by atoms with van der Waals surface area (Å²) >= 11 is 0. The zero-order valence-corrected chi connectivity index (χ0v) is 13.3. The van der Waals surface area contributed by atoms with Crippen LogP contribution in [0.4, 0.5) is 22.4 Å². The van der Waals surface area contributed by atoms with E-state index in [-0.39, 0.29) is 12.8 Å². The Morgan fingerprint density at radius 3 is 2.31 bits per heavy atom. The number of carbonyl (C=O) groups excluding carboxylic acids is 2. The predicted octanol–water partition coefficient (Wildman–Crippen LogP) is 0.356. The van der Waals surface area contributed by atoms with Crippen LogP contribution < -0.4 is 16.2 Å². The number of carbonyl (C=O) groups is 3. The fraction of sp³-hybridized carbons (Fsp3) is 0.769. The largest absolute Gasteiger partial charge is 0.523 e. The number of hydrazine groups is 1. The molecule has 1 aliphatic heterocycles. The van der Waals surface area contributed by atoms with Gasteiger partial charge in [0.1, 0.15) is 12.3 Å². The summed E-state index contributed by atoms with van der Waals surface area (Å²) in [5.41, 5.74) is 1.60. The van der Waals surface area contributed by atoms with Gasteiger partial charge in [-0.3, -0.25) is 25.2 Å². The van der Waals surface area contributed by atoms with E-state index in [0.29, 0.717) is 6.42 Å². The number of hydrogen-bond acceptors (Lipinski definition) is 5. The van der Waals surface area contributed by atoms with Crippen LogP contribution >= 0.6 is 0 Å². The van der Waals surface area contributed by atoms with Gasteiger partial charge in [0.05, 0.1) is 12.6 Å². The highest BCUT2D eigenvalue weighted by atomic mass is 19.4. The van der Waals surface area contributed by atoms with Crippen molar-refractivity contribution in [3.63, 3.8) is 0 Å². The molecule has 2 aliphatic rings. The molecule has 1 saturated carbocycles. The van der Waals surface area contributed by atoms with E-state index in [1.807, 2.05) is 16.2 Å². The van der Waals surface area contributed by atoms with Gasteiger partial charge < -0.3 is 15.2 Å². The van der Waals surface area contributed by atoms with E-state index in [2.05, 4.69) is 4.74 Å². The number of halogens is 4. The summed E-state index contributed by atoms with van der Waals surface area (Å²) in [7, 11) is 0. The molecule has 1 aliphatic carbocycles. The summed E-state index contributed by atoms with van der Waals surface area (Å²) in [6.07, 6.45) is -9.97. The van der Waals surface area contributed by atoms with Crippen LogP contribution in [-0.4, -0.2) is 59.9 Å². The summed E-state index contributed by atoms with van der Waals surface area (Å²) in [4.78, 5) is 34.3. The molecule has 0 radical (unpaired) electrons. The Hall–Kier alpha value is -2.15. The zero-order chi connectivity index (χ0) is 19.5. The number of rotatable bonds is 4. The van der Waals surface area contributed by atoms with Gasteiger partial charge in [0.25, 0.3) is 11.8 Å². The molecule has 2 fully saturated rings. The first-order valence-corrected chi connectivity index (χ1v) is 7.65. The normalized spacial score (nSPS) is 27.8. The fourth-order valence-electron chi connectivity index (χ4n) is 2.64. The van der Waals surface area contributed by atoms with Gasteiger partial charge in [0.15, 0.2) is 5.60 Å². The lowest BCUT2D eigenvalue weighted by atomic mass is 9.79. The van der Waals surface area contributed by atoms with Crippen LogP contribution in [-0.2, 0) is 19.1 Å². The molecule has 9 nitrogen and oxygen atoms in total. The van der Waals surface area contributed by atoms with Gasteiger partial charge >= 0.3 is 12.5 Å². The third-order valence-corrected chi connectivity index (χ3v) is 4.14. The zero-order valence-electron chi connectivity index (χ0n) is 13.3. The van der Waals surface area contributed by atoms with E-state index < -0.39 is 61.2 Å². The Morgan fingerprint density at radius 1 is 1.19 bits per heavy atom. The highest BCUT2D eigenvalue weighted by Crippen LogP contribution is 2.40. The van der Waals surface area contributed by atoms with Gasteiger partial charge in [0, 0.05) is 6.42 Å². The minimum Gasteiger partial charge on any atom is -0.465 e. The second kappa shape index (κ2) is 7.61. The van der Waals surface area contributed by atoms with Crippen molar-refractivity contribution < 1.29 is 46.5 Å². The first-order valence-electron chi connectivity index (χ1n) is 7.65. The molecule has 3 atom stereocenters. The molecule has 148 valence electrons. The lowest BCUT2D eigenvalue weighted by molar-refractivity contribution is -0.370. The maximum atomic E-state index is 13.8. The maximum Gasteiger partial charge on any atom is 0.523 e. The van der Waals surface area contributed by atoms with Gasteiger partial charge in [-0.2, -0.15) is 0 Å². The van der Waals surface area contributed by atoms with Crippen molar-refractivity contribution in [2.45, 2.75) is 56.0 Å². The molecule has 3 amide bonds. The third kappa shape index (κ3) is 4.94. The topological polar surface area (TPSA) is 126 Å². The molecule has 0 aromatic rings. The monoisotopic (exact) mass is 387 g/mol. The molecule has 2 rings (SSSR count). The summed E-state index contributed by atoms with van der Waals surface area (Å²) < 4.78 is 59.9. The van der Waals surface area contributed by atoms with Crippen molar-refractivity contribution in [2.75, 3.05) is 6.61 Å². The van der Waals surface area contributed by atoms with Crippen molar-refractivity contribution >= 4 is 17.9 Å². The van der Waals surface area contributed by atoms with E-state index >= 15 is 0 Å². The lowest BCUT2D eigenvalue weighted by Gasteiger charge is -2.39. The highest BCUT2D eigenvalue weighted by Gasteiger charge is 2.53. The van der Waals surface area contributed by atoms with E-state index in [1.165, 1.54) is 0 Å². The predicted molar refractivity (Wildman–Crippen MR) is 74.2 cm³/mol. The number of nitrogens with one attached hydrogen (secondary N) is 3. The summed E-state index contributed by atoms with van der Waals surface area (Å²) in [6.45, 7) is -0.416. The Morgan fingerprint density at radius 2 is 1.85 bits per heavy atom. The van der Waals surface area contributed by atoms with Crippen LogP contribution in [0.15, 0.2) is 0 Å². The van der Waals surface area contributed by atoms with Gasteiger partial charge in [0.2, 0.25) is 0 Å². The van der Waals surface area contributed by atoms with Crippen LogP contribution in [0.25, 0.3) is 0 Å². The molecular weight excluding hydrogens is 370 g/mol. The van der Waals surface area contributed by atoms with Gasteiger partial charge in [-0.15, -0.1) is 13.2 Å². The summed E-state index contributed by atoms with van der Waals surface area (Å²) in [5, 5.41) is 10.4. The first-order chi connectivity index (χ1) is 12.0. The van der Waals surface area contributed by atoms with E-state index in [4.69, 9.17) is 9.84 Å². The minimum absolute atomic E-state index is 0.163. The highest BCUT2D eigenvalue weighted by molar-refractivity contribution is 5.89. The summed E-state index contributed by atoms with van der Waals surface area (Å²) in [5.74, 6) is -2.15. The Labute approximate surface area is 144 Å². The van der Waals surface area contributed by atoms with E-state index in [1.54, 1.807) is 0 Å². The van der Waals surface area contributed by atoms with Crippen molar-refractivity contribution in [2.24, 2.45) is 0 Å². The molecule has 0 aromatic carbocycles. The van der Waals surface area contributed by atoms with Gasteiger partial charge in [-0.05, 0) is 19.3 Å². The molecule has 0 unspecified atom stereocenters. The number of carboxylic acid groups (broad SMARTS) is 1. The second-order valence-corrected chi connectivity index (χ2v) is 5.97. The Kier molecular flexibility index (Phi) is 5.91. The molecule has 13 heteroatoms. The lowest BCUT2D eigenvalue weighted by Crippen LogP contribution is -2.61. The summed E-state index contributed by atoms with van der Waals surface area (Å²) in [6, 6.07) is -1.15. The van der Waals surface area contributed by atoms with Gasteiger partial charge in [-0.1, -0.05) is 0 Å². The molecule has 4 N–H and O–H groups in total.